The number of aromatic amines is 1. The number of benzene rings is 1. The molecule has 2 fully saturated rings. The van der Waals surface area contributed by atoms with Crippen LogP contribution in [0.1, 0.15) is 44.1 Å². The fourth-order valence-corrected chi connectivity index (χ4v) is 4.98. The number of aromatic nitrogens is 1. The van der Waals surface area contributed by atoms with Crippen LogP contribution in [0.2, 0.25) is 0 Å². The summed E-state index contributed by atoms with van der Waals surface area (Å²) in [7, 11) is 3.15. The van der Waals surface area contributed by atoms with Crippen molar-refractivity contribution in [2.75, 3.05) is 53.6 Å². The van der Waals surface area contributed by atoms with Crippen LogP contribution in [0.15, 0.2) is 23.0 Å². The van der Waals surface area contributed by atoms with Crippen LogP contribution in [0.4, 0.5) is 4.79 Å². The van der Waals surface area contributed by atoms with Crippen molar-refractivity contribution in [2.45, 2.75) is 51.1 Å². The number of methoxy groups -OCH3 is 2. The van der Waals surface area contributed by atoms with E-state index in [1.54, 1.807) is 25.2 Å². The van der Waals surface area contributed by atoms with Crippen LogP contribution in [-0.2, 0) is 11.3 Å². The van der Waals surface area contributed by atoms with Crippen LogP contribution < -0.4 is 20.3 Å². The summed E-state index contributed by atoms with van der Waals surface area (Å²) in [4.78, 5) is 33.3. The largest absolute Gasteiger partial charge is 0.493 e. The molecule has 0 unspecified atom stereocenters. The molecule has 4 rings (SSSR count). The van der Waals surface area contributed by atoms with E-state index in [4.69, 9.17) is 14.2 Å². The third kappa shape index (κ3) is 6.67. The number of morpholine rings is 1. The minimum Gasteiger partial charge on any atom is -0.493 e. The molecule has 1 aliphatic heterocycles. The normalized spacial score (nSPS) is 17.3. The Morgan fingerprint density at radius 2 is 1.83 bits per heavy atom. The molecule has 0 bridgehead atoms. The number of nitrogens with one attached hydrogen (secondary N) is 2. The number of urea groups is 1. The number of hydrogen-bond acceptors (Lipinski definition) is 6. The van der Waals surface area contributed by atoms with Gasteiger partial charge in [-0.3, -0.25) is 9.69 Å². The summed E-state index contributed by atoms with van der Waals surface area (Å²) >= 11 is 0. The van der Waals surface area contributed by atoms with E-state index in [0.29, 0.717) is 29.1 Å². The first-order valence-electron chi connectivity index (χ1n) is 12.7. The second kappa shape index (κ2) is 12.3. The highest BCUT2D eigenvalue weighted by Gasteiger charge is 2.22. The van der Waals surface area contributed by atoms with Gasteiger partial charge >= 0.3 is 6.03 Å². The topological polar surface area (TPSA) is 96.1 Å². The van der Waals surface area contributed by atoms with Crippen molar-refractivity contribution in [3.63, 3.8) is 0 Å². The molecule has 2 aromatic rings. The van der Waals surface area contributed by atoms with E-state index in [1.165, 1.54) is 6.42 Å². The SMILES string of the molecule is COc1cc2cc(CN(CCCN3CCOCC3)C(=O)NC3CCCCC3)c(=O)[nH]c2cc1OC. The Kier molecular flexibility index (Phi) is 8.87. The van der Waals surface area contributed by atoms with E-state index in [2.05, 4.69) is 15.2 Å². The predicted octanol–water partition coefficient (Wildman–Crippen LogP) is 3.11. The van der Waals surface area contributed by atoms with E-state index in [1.807, 2.05) is 12.1 Å². The van der Waals surface area contributed by atoms with Gasteiger partial charge in [0.1, 0.15) is 0 Å². The number of pyridine rings is 1. The predicted molar refractivity (Wildman–Crippen MR) is 135 cm³/mol. The zero-order valence-electron chi connectivity index (χ0n) is 20.9. The van der Waals surface area contributed by atoms with Crippen molar-refractivity contribution in [2.24, 2.45) is 0 Å². The summed E-state index contributed by atoms with van der Waals surface area (Å²) in [6, 6.07) is 5.57. The van der Waals surface area contributed by atoms with E-state index >= 15 is 0 Å². The molecule has 1 aromatic carbocycles. The lowest BCUT2D eigenvalue weighted by Gasteiger charge is -2.30. The van der Waals surface area contributed by atoms with E-state index in [9.17, 15) is 9.59 Å². The molecule has 0 atom stereocenters. The zero-order chi connectivity index (χ0) is 24.6. The summed E-state index contributed by atoms with van der Waals surface area (Å²) in [6.07, 6.45) is 6.41. The number of carbonyl (C=O) groups is 1. The van der Waals surface area contributed by atoms with Gasteiger partial charge in [-0.15, -0.1) is 0 Å². The van der Waals surface area contributed by atoms with Gasteiger partial charge in [0.2, 0.25) is 0 Å². The van der Waals surface area contributed by atoms with Crippen LogP contribution in [0.5, 0.6) is 11.5 Å². The first kappa shape index (κ1) is 25.3. The van der Waals surface area contributed by atoms with Crippen LogP contribution in [-0.4, -0.2) is 80.5 Å². The molecular formula is C26H38N4O5. The van der Waals surface area contributed by atoms with Gasteiger partial charge in [0, 0.05) is 49.2 Å². The minimum atomic E-state index is -0.201. The van der Waals surface area contributed by atoms with Gasteiger partial charge in [-0.05, 0) is 31.4 Å². The smallest absolute Gasteiger partial charge is 0.317 e. The van der Waals surface area contributed by atoms with Gasteiger partial charge < -0.3 is 29.4 Å². The summed E-state index contributed by atoms with van der Waals surface area (Å²) < 4.78 is 16.2. The average molecular weight is 487 g/mol. The van der Waals surface area contributed by atoms with Crippen LogP contribution in [0.3, 0.4) is 0 Å². The Morgan fingerprint density at radius 3 is 2.54 bits per heavy atom. The number of amides is 2. The third-order valence-electron chi connectivity index (χ3n) is 7.01. The zero-order valence-corrected chi connectivity index (χ0v) is 20.9. The van der Waals surface area contributed by atoms with Gasteiger partial charge in [-0.1, -0.05) is 19.3 Å². The van der Waals surface area contributed by atoms with E-state index < -0.39 is 0 Å². The second-order valence-electron chi connectivity index (χ2n) is 9.43. The maximum absolute atomic E-state index is 13.3. The molecule has 1 aliphatic carbocycles. The lowest BCUT2D eigenvalue weighted by Crippen LogP contribution is -2.46. The highest BCUT2D eigenvalue weighted by atomic mass is 16.5. The molecular weight excluding hydrogens is 448 g/mol. The number of nitrogens with zero attached hydrogens (tertiary/aromatic N) is 2. The molecule has 35 heavy (non-hydrogen) atoms. The molecule has 2 aliphatic rings. The van der Waals surface area contributed by atoms with Crippen molar-refractivity contribution in [3.8, 4) is 11.5 Å². The van der Waals surface area contributed by atoms with Crippen LogP contribution in [0, 0.1) is 0 Å². The molecule has 2 amide bonds. The maximum atomic E-state index is 13.3. The van der Waals surface area contributed by atoms with Gasteiger partial charge in [0.05, 0.1) is 39.5 Å². The molecule has 1 aromatic heterocycles. The number of fused-ring (bicyclic) bond motifs is 1. The number of carbonyl (C=O) groups excluding carboxylic acids is 1. The monoisotopic (exact) mass is 486 g/mol. The number of H-pyrrole nitrogens is 1. The minimum absolute atomic E-state index is 0.0920. The summed E-state index contributed by atoms with van der Waals surface area (Å²) in [5, 5.41) is 4.05. The molecule has 9 nitrogen and oxygen atoms in total. The molecule has 0 radical (unpaired) electrons. The fraction of sp³-hybridized carbons (Fsp3) is 0.615. The Balaban J connectivity index is 1.51. The lowest BCUT2D eigenvalue weighted by molar-refractivity contribution is 0.0364. The van der Waals surface area contributed by atoms with E-state index in [-0.39, 0.29) is 24.2 Å². The van der Waals surface area contributed by atoms with Crippen molar-refractivity contribution >= 4 is 16.9 Å². The molecule has 1 saturated carbocycles. The van der Waals surface area contributed by atoms with Crippen molar-refractivity contribution in [1.82, 2.24) is 20.1 Å². The summed E-state index contributed by atoms with van der Waals surface area (Å²) in [5.74, 6) is 1.15. The Morgan fingerprint density at radius 1 is 1.11 bits per heavy atom. The van der Waals surface area contributed by atoms with Crippen molar-refractivity contribution in [3.05, 3.63) is 34.1 Å². The van der Waals surface area contributed by atoms with Gasteiger partial charge in [-0.25, -0.2) is 4.79 Å². The molecule has 1 saturated heterocycles. The Hall–Kier alpha value is -2.78. The van der Waals surface area contributed by atoms with Crippen LogP contribution in [0.25, 0.3) is 10.9 Å². The highest BCUT2D eigenvalue weighted by molar-refractivity contribution is 5.83. The maximum Gasteiger partial charge on any atom is 0.317 e. The fourth-order valence-electron chi connectivity index (χ4n) is 4.98. The van der Waals surface area contributed by atoms with Crippen LogP contribution >= 0.6 is 0 Å². The summed E-state index contributed by atoms with van der Waals surface area (Å²) in [5.41, 5.74) is 1.02. The second-order valence-corrected chi connectivity index (χ2v) is 9.43. The molecule has 0 spiro atoms. The standard InChI is InChI=1S/C26H38N4O5/c1-33-23-16-19-15-20(25(31)28-22(19)17-24(23)34-2)18-30(10-6-9-29-11-13-35-14-12-29)26(32)27-21-7-4-3-5-8-21/h15-17,21H,3-14,18H2,1-2H3,(H,27,32)(H,28,31). The van der Waals surface area contributed by atoms with Crippen molar-refractivity contribution in [1.29, 1.82) is 0 Å². The average Bonchev–Trinajstić information content (AvgIpc) is 2.88. The lowest BCUT2D eigenvalue weighted by atomic mass is 9.96. The van der Waals surface area contributed by atoms with Gasteiger partial charge in [0.25, 0.3) is 5.56 Å². The number of ether oxygens (including phenoxy) is 3. The molecule has 192 valence electrons. The highest BCUT2D eigenvalue weighted by Crippen LogP contribution is 2.31. The molecule has 2 heterocycles. The Labute approximate surface area is 206 Å². The first-order chi connectivity index (χ1) is 17.1. The summed E-state index contributed by atoms with van der Waals surface area (Å²) in [6.45, 7) is 5.09. The number of hydrogen-bond donors (Lipinski definition) is 2. The van der Waals surface area contributed by atoms with E-state index in [0.717, 1.165) is 70.3 Å². The number of rotatable bonds is 9. The quantitative estimate of drug-likeness (QED) is 0.566. The molecule has 9 heteroatoms. The first-order valence-corrected chi connectivity index (χ1v) is 12.7. The van der Waals surface area contributed by atoms with Gasteiger partial charge in [0.15, 0.2) is 11.5 Å². The Bertz CT molecular complexity index is 1040. The van der Waals surface area contributed by atoms with Crippen molar-refractivity contribution < 1.29 is 19.0 Å². The molecule has 2 N–H and O–H groups in total. The third-order valence-corrected chi connectivity index (χ3v) is 7.01. The van der Waals surface area contributed by atoms with Gasteiger partial charge in [-0.2, -0.15) is 0 Å².